The van der Waals surface area contributed by atoms with E-state index in [4.69, 9.17) is 11.6 Å². The highest BCUT2D eigenvalue weighted by molar-refractivity contribution is 6.30. The highest BCUT2D eigenvalue weighted by Crippen LogP contribution is 2.16. The van der Waals surface area contributed by atoms with Crippen molar-refractivity contribution < 1.29 is 9.59 Å². The molecule has 0 aliphatic carbocycles. The monoisotopic (exact) mass is 322 g/mol. The van der Waals surface area contributed by atoms with Crippen molar-refractivity contribution in [2.45, 2.75) is 32.6 Å². The van der Waals surface area contributed by atoms with Gasteiger partial charge in [-0.2, -0.15) is 0 Å². The molecule has 1 aliphatic heterocycles. The van der Waals surface area contributed by atoms with Crippen LogP contribution in [-0.4, -0.2) is 36.3 Å². The summed E-state index contributed by atoms with van der Waals surface area (Å²) in [4.78, 5) is 25.7. The lowest BCUT2D eigenvalue weighted by Crippen LogP contribution is -2.41. The van der Waals surface area contributed by atoms with E-state index in [2.05, 4.69) is 12.2 Å². The van der Waals surface area contributed by atoms with Crippen LogP contribution in [0.1, 0.15) is 31.7 Å². The number of hydrogen-bond acceptors (Lipinski definition) is 2. The van der Waals surface area contributed by atoms with E-state index in [-0.39, 0.29) is 18.2 Å². The minimum Gasteiger partial charge on any atom is -0.355 e. The Labute approximate surface area is 136 Å². The fourth-order valence-electron chi connectivity index (χ4n) is 2.77. The number of piperidine rings is 1. The summed E-state index contributed by atoms with van der Waals surface area (Å²) >= 11 is 5.92. The lowest BCUT2D eigenvalue weighted by atomic mass is 10.00. The molecule has 1 fully saturated rings. The first-order chi connectivity index (χ1) is 10.5. The average molecular weight is 323 g/mol. The molecular weight excluding hydrogens is 300 g/mol. The number of carbonyl (C=O) groups is 2. The summed E-state index contributed by atoms with van der Waals surface area (Å²) in [5, 5.41) is 3.50. The molecule has 1 aromatic carbocycles. The van der Waals surface area contributed by atoms with E-state index in [0.717, 1.165) is 31.5 Å². The smallest absolute Gasteiger partial charge is 0.232 e. The molecule has 22 heavy (non-hydrogen) atoms. The molecule has 1 unspecified atom stereocenters. The molecule has 5 heteroatoms. The first-order valence-electron chi connectivity index (χ1n) is 7.83. The predicted molar refractivity (Wildman–Crippen MR) is 87.8 cm³/mol. The third-order valence-electron chi connectivity index (χ3n) is 3.95. The van der Waals surface area contributed by atoms with Crippen LogP contribution in [0, 0.1) is 5.92 Å². The first kappa shape index (κ1) is 16.8. The summed E-state index contributed by atoms with van der Waals surface area (Å²) < 4.78 is 0. The second-order valence-electron chi connectivity index (χ2n) is 5.99. The van der Waals surface area contributed by atoms with Crippen molar-refractivity contribution in [3.05, 3.63) is 34.9 Å². The van der Waals surface area contributed by atoms with E-state index in [1.54, 1.807) is 0 Å². The normalized spacial score (nSPS) is 18.1. The fourth-order valence-corrected chi connectivity index (χ4v) is 2.98. The van der Waals surface area contributed by atoms with Gasteiger partial charge in [0.1, 0.15) is 6.42 Å². The second-order valence-corrected chi connectivity index (χ2v) is 6.43. The number of benzene rings is 1. The van der Waals surface area contributed by atoms with Crippen LogP contribution in [-0.2, 0) is 16.0 Å². The second kappa shape index (κ2) is 8.18. The Balaban J connectivity index is 1.70. The highest BCUT2D eigenvalue weighted by atomic mass is 35.5. The van der Waals surface area contributed by atoms with E-state index in [0.29, 0.717) is 23.9 Å². The minimum atomic E-state index is -0.203. The van der Waals surface area contributed by atoms with Crippen molar-refractivity contribution >= 4 is 23.4 Å². The van der Waals surface area contributed by atoms with Crippen LogP contribution >= 0.6 is 11.6 Å². The molecule has 0 spiro atoms. The number of halogens is 1. The maximum absolute atomic E-state index is 12.1. The Morgan fingerprint density at radius 3 is 2.95 bits per heavy atom. The van der Waals surface area contributed by atoms with Crippen LogP contribution in [0.3, 0.4) is 0 Å². The molecule has 0 radical (unpaired) electrons. The van der Waals surface area contributed by atoms with Gasteiger partial charge < -0.3 is 10.2 Å². The largest absolute Gasteiger partial charge is 0.355 e. The van der Waals surface area contributed by atoms with Gasteiger partial charge in [-0.25, -0.2) is 0 Å². The van der Waals surface area contributed by atoms with E-state index in [1.807, 2.05) is 29.2 Å². The summed E-state index contributed by atoms with van der Waals surface area (Å²) in [7, 11) is 0. The van der Waals surface area contributed by atoms with Gasteiger partial charge in [-0.15, -0.1) is 0 Å². The summed E-state index contributed by atoms with van der Waals surface area (Å²) in [6, 6.07) is 7.56. The molecule has 0 aromatic heterocycles. The third-order valence-corrected chi connectivity index (χ3v) is 4.18. The summed E-state index contributed by atoms with van der Waals surface area (Å²) in [5.74, 6) is 0.264. The molecule has 1 atom stereocenters. The van der Waals surface area contributed by atoms with E-state index in [9.17, 15) is 9.59 Å². The van der Waals surface area contributed by atoms with E-state index < -0.39 is 0 Å². The van der Waals surface area contributed by atoms with Crippen LogP contribution in [0.2, 0.25) is 5.02 Å². The van der Waals surface area contributed by atoms with Gasteiger partial charge in [0.05, 0.1) is 0 Å². The number of hydrogen-bond donors (Lipinski definition) is 1. The topological polar surface area (TPSA) is 49.4 Å². The van der Waals surface area contributed by atoms with Gasteiger partial charge in [0.15, 0.2) is 0 Å². The number of amides is 2. The average Bonchev–Trinajstić information content (AvgIpc) is 2.47. The molecule has 1 saturated heterocycles. The van der Waals surface area contributed by atoms with Gasteiger partial charge in [-0.3, -0.25) is 9.59 Å². The maximum atomic E-state index is 12.1. The minimum absolute atomic E-state index is 0.0533. The van der Waals surface area contributed by atoms with Gasteiger partial charge in [0.25, 0.3) is 0 Å². The molecular formula is C17H23ClN2O2. The Morgan fingerprint density at radius 2 is 2.23 bits per heavy atom. The molecule has 4 nitrogen and oxygen atoms in total. The molecule has 1 N–H and O–H groups in total. The van der Waals surface area contributed by atoms with Crippen LogP contribution in [0.4, 0.5) is 0 Å². The van der Waals surface area contributed by atoms with Crippen molar-refractivity contribution in [1.82, 2.24) is 10.2 Å². The quantitative estimate of drug-likeness (QED) is 0.847. The molecule has 0 bridgehead atoms. The molecule has 120 valence electrons. The molecule has 2 rings (SSSR count). The zero-order valence-electron chi connectivity index (χ0n) is 13.0. The Morgan fingerprint density at radius 1 is 1.41 bits per heavy atom. The Bertz CT molecular complexity index is 533. The van der Waals surface area contributed by atoms with Crippen molar-refractivity contribution in [1.29, 1.82) is 0 Å². The fraction of sp³-hybridized carbons (Fsp3) is 0.529. The standard InChI is InChI=1S/C17H23ClN2O2/c1-13-4-3-9-20(12-13)17(22)11-16(21)19-8-7-14-5-2-6-15(18)10-14/h2,5-6,10,13H,3-4,7-9,11-12H2,1H3,(H,19,21). The van der Waals surface area contributed by atoms with Crippen molar-refractivity contribution in [2.24, 2.45) is 5.92 Å². The number of rotatable bonds is 5. The zero-order valence-corrected chi connectivity index (χ0v) is 13.7. The van der Waals surface area contributed by atoms with Crippen LogP contribution in [0.15, 0.2) is 24.3 Å². The van der Waals surface area contributed by atoms with E-state index in [1.165, 1.54) is 0 Å². The van der Waals surface area contributed by atoms with Gasteiger partial charge in [-0.05, 0) is 42.9 Å². The van der Waals surface area contributed by atoms with Crippen molar-refractivity contribution in [3.8, 4) is 0 Å². The predicted octanol–water partition coefficient (Wildman–Crippen LogP) is 2.65. The summed E-state index contributed by atoms with van der Waals surface area (Å²) in [6.45, 7) is 4.21. The van der Waals surface area contributed by atoms with Gasteiger partial charge in [0, 0.05) is 24.7 Å². The molecule has 1 aliphatic rings. The first-order valence-corrected chi connectivity index (χ1v) is 8.21. The van der Waals surface area contributed by atoms with Crippen molar-refractivity contribution in [2.75, 3.05) is 19.6 Å². The lowest BCUT2D eigenvalue weighted by molar-refractivity contribution is -0.137. The highest BCUT2D eigenvalue weighted by Gasteiger charge is 2.22. The van der Waals surface area contributed by atoms with Crippen LogP contribution in [0.25, 0.3) is 0 Å². The van der Waals surface area contributed by atoms with Crippen molar-refractivity contribution in [3.63, 3.8) is 0 Å². The van der Waals surface area contributed by atoms with Gasteiger partial charge in [0.2, 0.25) is 11.8 Å². The lowest BCUT2D eigenvalue weighted by Gasteiger charge is -2.30. The SMILES string of the molecule is CC1CCCN(C(=O)CC(=O)NCCc2cccc(Cl)c2)C1. The molecule has 1 aromatic rings. The number of nitrogens with zero attached hydrogens (tertiary/aromatic N) is 1. The van der Waals surface area contributed by atoms with E-state index >= 15 is 0 Å². The zero-order chi connectivity index (χ0) is 15.9. The molecule has 0 saturated carbocycles. The van der Waals surface area contributed by atoms with Gasteiger partial charge in [-0.1, -0.05) is 30.7 Å². The third kappa shape index (κ3) is 5.34. The Hall–Kier alpha value is -1.55. The van der Waals surface area contributed by atoms with Gasteiger partial charge >= 0.3 is 0 Å². The summed E-state index contributed by atoms with van der Waals surface area (Å²) in [6.07, 6.45) is 2.85. The summed E-state index contributed by atoms with van der Waals surface area (Å²) in [5.41, 5.74) is 1.07. The number of carbonyl (C=O) groups excluding carboxylic acids is 2. The Kier molecular flexibility index (Phi) is 6.25. The van der Waals surface area contributed by atoms with Crippen LogP contribution < -0.4 is 5.32 Å². The van der Waals surface area contributed by atoms with Crippen LogP contribution in [0.5, 0.6) is 0 Å². The maximum Gasteiger partial charge on any atom is 0.232 e. The molecule has 1 heterocycles. The number of likely N-dealkylation sites (tertiary alicyclic amines) is 1. The molecule has 2 amide bonds. The number of nitrogens with one attached hydrogen (secondary N) is 1.